The van der Waals surface area contributed by atoms with E-state index in [0.29, 0.717) is 5.56 Å². The minimum Gasteiger partial charge on any atom is -0.478 e. The van der Waals surface area contributed by atoms with E-state index in [1.165, 1.54) is 0 Å². The number of hydrogen-bond acceptors (Lipinski definition) is 3. The third-order valence-corrected chi connectivity index (χ3v) is 1.81. The maximum Gasteiger partial charge on any atom is 0.335 e. The van der Waals surface area contributed by atoms with Crippen molar-refractivity contribution < 1.29 is 20.4 Å². The largest absolute Gasteiger partial charge is 0.478 e. The third kappa shape index (κ3) is 3.16. The highest BCUT2D eigenvalue weighted by Gasteiger charge is 2.10. The van der Waals surface area contributed by atoms with Crippen LogP contribution in [0.5, 0.6) is 0 Å². The second kappa shape index (κ2) is 6.12. The van der Waals surface area contributed by atoms with Gasteiger partial charge in [0, 0.05) is 0 Å². The normalized spacial score (nSPS) is 9.21. The van der Waals surface area contributed by atoms with Crippen LogP contribution in [0, 0.1) is 0 Å². The van der Waals surface area contributed by atoms with E-state index in [1.807, 2.05) is 26.0 Å². The monoisotopic (exact) mass is 198 g/mol. The van der Waals surface area contributed by atoms with Crippen molar-refractivity contribution in [2.45, 2.75) is 19.8 Å². The van der Waals surface area contributed by atoms with Gasteiger partial charge in [0.15, 0.2) is 0 Å². The summed E-state index contributed by atoms with van der Waals surface area (Å²) in [5, 5.41) is 20.8. The van der Waals surface area contributed by atoms with Crippen molar-refractivity contribution in [2.24, 2.45) is 0 Å². The maximum absolute atomic E-state index is 10.7. The smallest absolute Gasteiger partial charge is 0.335 e. The Labute approximate surface area is 82.4 Å². The lowest BCUT2D eigenvalue weighted by atomic mass is 9.97. The number of rotatable bonds is 2. The van der Waals surface area contributed by atoms with Crippen LogP contribution in [0.15, 0.2) is 24.3 Å². The molecule has 1 aromatic carbocycles. The molecule has 4 nitrogen and oxygen atoms in total. The van der Waals surface area contributed by atoms with E-state index in [2.05, 4.69) is 0 Å². The van der Waals surface area contributed by atoms with Crippen molar-refractivity contribution in [1.82, 2.24) is 0 Å². The van der Waals surface area contributed by atoms with Gasteiger partial charge in [-0.1, -0.05) is 32.0 Å². The summed E-state index contributed by atoms with van der Waals surface area (Å²) >= 11 is 0. The highest BCUT2D eigenvalue weighted by Crippen LogP contribution is 2.18. The van der Waals surface area contributed by atoms with Crippen molar-refractivity contribution in [2.75, 3.05) is 0 Å². The average Bonchev–Trinajstić information content (AvgIpc) is 2.20. The SMILES string of the molecule is CC(C)c1ccccc1C(=O)O.OO. The second-order valence-corrected chi connectivity index (χ2v) is 3.05. The van der Waals surface area contributed by atoms with E-state index in [-0.39, 0.29) is 5.92 Å². The quantitative estimate of drug-likeness (QED) is 0.504. The van der Waals surface area contributed by atoms with Crippen molar-refractivity contribution in [3.63, 3.8) is 0 Å². The van der Waals surface area contributed by atoms with Crippen molar-refractivity contribution in [3.8, 4) is 0 Å². The van der Waals surface area contributed by atoms with Gasteiger partial charge in [0.1, 0.15) is 0 Å². The van der Waals surface area contributed by atoms with Crippen LogP contribution in [0.2, 0.25) is 0 Å². The van der Waals surface area contributed by atoms with Crippen LogP contribution in [-0.4, -0.2) is 21.6 Å². The summed E-state index contributed by atoms with van der Waals surface area (Å²) in [6.07, 6.45) is 0. The van der Waals surface area contributed by atoms with E-state index in [1.54, 1.807) is 12.1 Å². The van der Waals surface area contributed by atoms with Gasteiger partial charge in [-0.3, -0.25) is 10.5 Å². The molecule has 0 unspecified atom stereocenters. The van der Waals surface area contributed by atoms with Gasteiger partial charge < -0.3 is 5.11 Å². The highest BCUT2D eigenvalue weighted by molar-refractivity contribution is 5.89. The Hall–Kier alpha value is -1.39. The molecular formula is C10H14O4. The molecule has 0 aliphatic rings. The molecule has 14 heavy (non-hydrogen) atoms. The first kappa shape index (κ1) is 12.6. The first-order chi connectivity index (χ1) is 6.63. The Morgan fingerprint density at radius 2 is 1.71 bits per heavy atom. The molecule has 0 saturated carbocycles. The fraction of sp³-hybridized carbons (Fsp3) is 0.300. The van der Waals surface area contributed by atoms with Gasteiger partial charge in [-0.25, -0.2) is 4.79 Å². The van der Waals surface area contributed by atoms with Crippen LogP contribution in [0.1, 0.15) is 35.7 Å². The molecule has 0 bridgehead atoms. The van der Waals surface area contributed by atoms with Gasteiger partial charge >= 0.3 is 5.97 Å². The van der Waals surface area contributed by atoms with Gasteiger partial charge in [-0.15, -0.1) is 0 Å². The molecule has 1 aromatic rings. The minimum absolute atomic E-state index is 0.261. The zero-order chi connectivity index (χ0) is 11.1. The summed E-state index contributed by atoms with van der Waals surface area (Å²) in [6.45, 7) is 3.98. The standard InChI is InChI=1S/C10H12O2.H2O2/c1-7(2)8-5-3-4-6-9(8)10(11)12;1-2/h3-7H,1-2H3,(H,11,12);1-2H. The molecule has 0 amide bonds. The van der Waals surface area contributed by atoms with Gasteiger partial charge in [0.05, 0.1) is 5.56 Å². The van der Waals surface area contributed by atoms with Crippen LogP contribution in [0.4, 0.5) is 0 Å². The Morgan fingerprint density at radius 1 is 1.21 bits per heavy atom. The minimum atomic E-state index is -0.848. The number of carbonyl (C=O) groups is 1. The Bertz CT molecular complexity index is 294. The maximum atomic E-state index is 10.7. The van der Waals surface area contributed by atoms with E-state index >= 15 is 0 Å². The van der Waals surface area contributed by atoms with Gasteiger partial charge in [-0.05, 0) is 17.5 Å². The summed E-state index contributed by atoms with van der Waals surface area (Å²) in [7, 11) is 0. The van der Waals surface area contributed by atoms with E-state index < -0.39 is 5.97 Å². The van der Waals surface area contributed by atoms with Crippen molar-refractivity contribution in [3.05, 3.63) is 35.4 Å². The molecule has 0 fully saturated rings. The fourth-order valence-corrected chi connectivity index (χ4v) is 1.20. The van der Waals surface area contributed by atoms with Gasteiger partial charge in [0.25, 0.3) is 0 Å². The van der Waals surface area contributed by atoms with Crippen LogP contribution < -0.4 is 0 Å². The average molecular weight is 198 g/mol. The van der Waals surface area contributed by atoms with E-state index in [0.717, 1.165) is 5.56 Å². The van der Waals surface area contributed by atoms with E-state index in [9.17, 15) is 4.79 Å². The summed E-state index contributed by atoms with van der Waals surface area (Å²) in [5.41, 5.74) is 1.30. The van der Waals surface area contributed by atoms with Crippen LogP contribution in [0.3, 0.4) is 0 Å². The number of hydrogen-bond donors (Lipinski definition) is 3. The molecule has 0 heterocycles. The number of aromatic carboxylic acids is 1. The number of carboxylic acids is 1. The highest BCUT2D eigenvalue weighted by atomic mass is 17.0. The van der Waals surface area contributed by atoms with E-state index in [4.69, 9.17) is 15.6 Å². The molecule has 0 saturated heterocycles. The van der Waals surface area contributed by atoms with Crippen LogP contribution in [-0.2, 0) is 0 Å². The molecular weight excluding hydrogens is 184 g/mol. The first-order valence-electron chi connectivity index (χ1n) is 4.15. The first-order valence-corrected chi connectivity index (χ1v) is 4.15. The molecule has 78 valence electrons. The van der Waals surface area contributed by atoms with Gasteiger partial charge in [-0.2, -0.15) is 0 Å². The molecule has 4 heteroatoms. The van der Waals surface area contributed by atoms with Crippen molar-refractivity contribution >= 4 is 5.97 Å². The lowest BCUT2D eigenvalue weighted by molar-refractivity contribution is -0.176. The van der Waals surface area contributed by atoms with Crippen molar-refractivity contribution in [1.29, 1.82) is 0 Å². The molecule has 1 rings (SSSR count). The number of carboxylic acid groups (broad SMARTS) is 1. The Morgan fingerprint density at radius 3 is 2.07 bits per heavy atom. The Kier molecular flexibility index (Phi) is 5.52. The molecule has 0 spiro atoms. The van der Waals surface area contributed by atoms with Crippen LogP contribution in [0.25, 0.3) is 0 Å². The summed E-state index contributed by atoms with van der Waals surface area (Å²) < 4.78 is 0. The zero-order valence-corrected chi connectivity index (χ0v) is 8.14. The summed E-state index contributed by atoms with van der Waals surface area (Å²) in [4.78, 5) is 10.7. The molecule has 0 aliphatic carbocycles. The lowest BCUT2D eigenvalue weighted by Crippen LogP contribution is -2.02. The molecule has 0 aromatic heterocycles. The zero-order valence-electron chi connectivity index (χ0n) is 8.14. The topological polar surface area (TPSA) is 77.8 Å². The number of benzene rings is 1. The molecule has 0 radical (unpaired) electrons. The van der Waals surface area contributed by atoms with Gasteiger partial charge in [0.2, 0.25) is 0 Å². The molecule has 3 N–H and O–H groups in total. The predicted octanol–water partition coefficient (Wildman–Crippen LogP) is 2.53. The fourth-order valence-electron chi connectivity index (χ4n) is 1.20. The molecule has 0 aliphatic heterocycles. The summed E-state index contributed by atoms with van der Waals surface area (Å²) in [5.74, 6) is -0.586. The Balaban J connectivity index is 0.000000791. The third-order valence-electron chi connectivity index (χ3n) is 1.81. The summed E-state index contributed by atoms with van der Waals surface area (Å²) in [6, 6.07) is 7.10. The lowest BCUT2D eigenvalue weighted by Gasteiger charge is -2.07. The predicted molar refractivity (Wildman–Crippen MR) is 52.7 cm³/mol. The second-order valence-electron chi connectivity index (χ2n) is 3.05. The van der Waals surface area contributed by atoms with Crippen LogP contribution >= 0.6 is 0 Å². The molecule has 0 atom stereocenters.